The molecule has 0 unspecified atom stereocenters. The van der Waals surface area contributed by atoms with E-state index >= 15 is 0 Å². The molecule has 152 valence electrons. The van der Waals surface area contributed by atoms with Crippen LogP contribution in [-0.2, 0) is 10.0 Å². The van der Waals surface area contributed by atoms with E-state index in [2.05, 4.69) is 9.97 Å². The number of hydrogen-bond acceptors (Lipinski definition) is 6. The van der Waals surface area contributed by atoms with Crippen molar-refractivity contribution in [3.8, 4) is 11.1 Å². The van der Waals surface area contributed by atoms with Crippen LogP contribution >= 0.6 is 23.1 Å². The van der Waals surface area contributed by atoms with Crippen LogP contribution in [0.25, 0.3) is 21.3 Å². The molecule has 2 aromatic heterocycles. The van der Waals surface area contributed by atoms with E-state index < -0.39 is 10.0 Å². The summed E-state index contributed by atoms with van der Waals surface area (Å²) in [6, 6.07) is 15.2. The van der Waals surface area contributed by atoms with Gasteiger partial charge in [0, 0.05) is 29.1 Å². The molecule has 0 saturated heterocycles. The average molecular weight is 454 g/mol. The molecule has 4 aromatic rings. The molecule has 8 heteroatoms. The number of aromatic nitrogens is 2. The maximum Gasteiger partial charge on any atom is 0.264 e. The van der Waals surface area contributed by atoms with E-state index in [1.807, 2.05) is 44.2 Å². The Morgan fingerprint density at radius 3 is 2.67 bits per heavy atom. The number of fused-ring (bicyclic) bond motifs is 2. The standard InChI is InChI=1S/C22H19N3O2S3/c1-14-11-17(7-8-23-14)16-3-6-21-20(12-16)25(9-10-28-21)30(26,27)18-4-5-19-22(13-18)29-15(2)24-19/h3-8,11-13H,9-10H2,1-2H3. The first-order valence-electron chi connectivity index (χ1n) is 9.52. The number of anilines is 1. The van der Waals surface area contributed by atoms with E-state index in [1.165, 1.54) is 11.3 Å². The van der Waals surface area contributed by atoms with Gasteiger partial charge in [0.1, 0.15) is 0 Å². The van der Waals surface area contributed by atoms with Crippen LogP contribution < -0.4 is 4.31 Å². The van der Waals surface area contributed by atoms with Crippen LogP contribution in [0.3, 0.4) is 0 Å². The maximum atomic E-state index is 13.6. The highest BCUT2D eigenvalue weighted by atomic mass is 32.2. The molecule has 0 aliphatic carbocycles. The van der Waals surface area contributed by atoms with Crippen LogP contribution in [0.5, 0.6) is 0 Å². The minimum Gasteiger partial charge on any atom is -0.264 e. The molecule has 0 saturated carbocycles. The number of pyridine rings is 1. The Morgan fingerprint density at radius 2 is 1.83 bits per heavy atom. The van der Waals surface area contributed by atoms with E-state index in [-0.39, 0.29) is 0 Å². The second-order valence-electron chi connectivity index (χ2n) is 7.16. The average Bonchev–Trinajstić information content (AvgIpc) is 3.12. The van der Waals surface area contributed by atoms with Crippen LogP contribution in [0, 0.1) is 13.8 Å². The number of aryl methyl sites for hydroxylation is 2. The molecule has 0 radical (unpaired) electrons. The number of rotatable bonds is 3. The van der Waals surface area contributed by atoms with E-state index in [0.717, 1.165) is 48.4 Å². The maximum absolute atomic E-state index is 13.6. The summed E-state index contributed by atoms with van der Waals surface area (Å²) in [5.41, 5.74) is 4.51. The van der Waals surface area contributed by atoms with Crippen LogP contribution in [0.15, 0.2) is 64.5 Å². The Kier molecular flexibility index (Phi) is 4.80. The first-order chi connectivity index (χ1) is 14.4. The predicted octanol–water partition coefficient (Wildman–Crippen LogP) is 5.28. The SMILES string of the molecule is Cc1cc(-c2ccc3c(c2)N(S(=O)(=O)c2ccc4nc(C)sc4c2)CCS3)ccn1. The summed E-state index contributed by atoms with van der Waals surface area (Å²) < 4.78 is 29.6. The van der Waals surface area contributed by atoms with Gasteiger partial charge >= 0.3 is 0 Å². The van der Waals surface area contributed by atoms with Crippen molar-refractivity contribution in [3.05, 3.63) is 65.4 Å². The second-order valence-corrected chi connectivity index (χ2v) is 11.4. The van der Waals surface area contributed by atoms with E-state index in [4.69, 9.17) is 0 Å². The monoisotopic (exact) mass is 453 g/mol. The van der Waals surface area contributed by atoms with Crippen LogP contribution in [-0.4, -0.2) is 30.7 Å². The van der Waals surface area contributed by atoms with Crippen LogP contribution in [0.4, 0.5) is 5.69 Å². The van der Waals surface area contributed by atoms with E-state index in [0.29, 0.717) is 11.4 Å². The van der Waals surface area contributed by atoms with Crippen molar-refractivity contribution < 1.29 is 8.42 Å². The third-order valence-corrected chi connectivity index (χ3v) is 8.85. The lowest BCUT2D eigenvalue weighted by atomic mass is 10.1. The van der Waals surface area contributed by atoms with Crippen molar-refractivity contribution in [2.45, 2.75) is 23.6 Å². The van der Waals surface area contributed by atoms with Gasteiger partial charge in [0.15, 0.2) is 0 Å². The van der Waals surface area contributed by atoms with Crippen molar-refractivity contribution >= 4 is 49.0 Å². The molecule has 0 spiro atoms. The van der Waals surface area contributed by atoms with Crippen molar-refractivity contribution in [3.63, 3.8) is 0 Å². The number of hydrogen-bond donors (Lipinski definition) is 0. The van der Waals surface area contributed by atoms with E-state index in [1.54, 1.807) is 40.5 Å². The fraction of sp³-hybridized carbons (Fsp3) is 0.182. The number of nitrogens with zero attached hydrogens (tertiary/aromatic N) is 3. The summed E-state index contributed by atoms with van der Waals surface area (Å²) in [5.74, 6) is 0.724. The third kappa shape index (κ3) is 3.38. The molecule has 0 N–H and O–H groups in total. The Hall–Kier alpha value is -2.42. The molecule has 0 bridgehead atoms. The van der Waals surface area contributed by atoms with Crippen LogP contribution in [0.1, 0.15) is 10.7 Å². The summed E-state index contributed by atoms with van der Waals surface area (Å²) in [7, 11) is -3.68. The quantitative estimate of drug-likeness (QED) is 0.422. The van der Waals surface area contributed by atoms with Gasteiger partial charge < -0.3 is 0 Å². The Bertz CT molecular complexity index is 1380. The highest BCUT2D eigenvalue weighted by Gasteiger charge is 2.30. The Labute approximate surface area is 183 Å². The number of thiazole rings is 1. The third-order valence-electron chi connectivity index (χ3n) is 5.06. The van der Waals surface area contributed by atoms with Gasteiger partial charge in [-0.05, 0) is 67.4 Å². The summed E-state index contributed by atoms with van der Waals surface area (Å²) in [5, 5.41) is 0.927. The number of benzene rings is 2. The Balaban J connectivity index is 1.60. The van der Waals surface area contributed by atoms with Gasteiger partial charge in [-0.25, -0.2) is 13.4 Å². The molecule has 1 aliphatic rings. The van der Waals surface area contributed by atoms with E-state index in [9.17, 15) is 8.42 Å². The predicted molar refractivity (Wildman–Crippen MR) is 124 cm³/mol. The van der Waals surface area contributed by atoms with Gasteiger partial charge in [0.2, 0.25) is 0 Å². The minimum absolute atomic E-state index is 0.307. The lowest BCUT2D eigenvalue weighted by Crippen LogP contribution is -2.35. The lowest BCUT2D eigenvalue weighted by Gasteiger charge is -2.30. The number of thioether (sulfide) groups is 1. The summed E-state index contributed by atoms with van der Waals surface area (Å²) in [6.45, 7) is 4.32. The zero-order valence-electron chi connectivity index (χ0n) is 16.5. The van der Waals surface area contributed by atoms with Gasteiger partial charge in [-0.15, -0.1) is 23.1 Å². The fourth-order valence-electron chi connectivity index (χ4n) is 3.66. The zero-order chi connectivity index (χ0) is 20.9. The van der Waals surface area contributed by atoms with Gasteiger partial charge in [-0.2, -0.15) is 0 Å². The van der Waals surface area contributed by atoms with Crippen molar-refractivity contribution in [1.82, 2.24) is 9.97 Å². The molecule has 2 aromatic carbocycles. The van der Waals surface area contributed by atoms with Gasteiger partial charge in [0.25, 0.3) is 10.0 Å². The minimum atomic E-state index is -3.68. The van der Waals surface area contributed by atoms with Gasteiger partial charge in [-0.1, -0.05) is 6.07 Å². The molecule has 0 fully saturated rings. The summed E-state index contributed by atoms with van der Waals surface area (Å²) in [4.78, 5) is 9.99. The lowest BCUT2D eigenvalue weighted by molar-refractivity contribution is 0.591. The Morgan fingerprint density at radius 1 is 1.00 bits per heavy atom. The van der Waals surface area contributed by atoms with Crippen molar-refractivity contribution in [2.75, 3.05) is 16.6 Å². The van der Waals surface area contributed by atoms with Gasteiger partial charge in [-0.3, -0.25) is 9.29 Å². The normalized spacial score (nSPS) is 14.1. The fourth-order valence-corrected chi connectivity index (χ4v) is 7.25. The highest BCUT2D eigenvalue weighted by molar-refractivity contribution is 8.00. The van der Waals surface area contributed by atoms with Gasteiger partial charge in [0.05, 0.1) is 25.8 Å². The number of sulfonamides is 1. The summed E-state index contributed by atoms with van der Waals surface area (Å²) >= 11 is 3.20. The molecular weight excluding hydrogens is 434 g/mol. The smallest absolute Gasteiger partial charge is 0.264 e. The zero-order valence-corrected chi connectivity index (χ0v) is 18.9. The second kappa shape index (κ2) is 7.37. The highest BCUT2D eigenvalue weighted by Crippen LogP contribution is 2.40. The topological polar surface area (TPSA) is 63.2 Å². The first-order valence-corrected chi connectivity index (χ1v) is 12.8. The first kappa shape index (κ1) is 19.5. The molecule has 1 aliphatic heterocycles. The molecule has 0 atom stereocenters. The summed E-state index contributed by atoms with van der Waals surface area (Å²) in [6.07, 6.45) is 1.78. The molecular formula is C22H19N3O2S3. The van der Waals surface area contributed by atoms with Crippen LogP contribution in [0.2, 0.25) is 0 Å². The molecule has 0 amide bonds. The molecule has 5 rings (SSSR count). The van der Waals surface area contributed by atoms with Crippen molar-refractivity contribution in [1.29, 1.82) is 0 Å². The molecule has 5 nitrogen and oxygen atoms in total. The van der Waals surface area contributed by atoms with Crippen molar-refractivity contribution in [2.24, 2.45) is 0 Å². The largest absolute Gasteiger partial charge is 0.264 e. The molecule has 30 heavy (non-hydrogen) atoms. The molecule has 3 heterocycles.